The Morgan fingerprint density at radius 1 is 0.868 bits per heavy atom. The van der Waals surface area contributed by atoms with Gasteiger partial charge in [0.25, 0.3) is 0 Å². The molecule has 2 aliphatic rings. The van der Waals surface area contributed by atoms with Gasteiger partial charge in [0.15, 0.2) is 0 Å². The summed E-state index contributed by atoms with van der Waals surface area (Å²) in [5.41, 5.74) is 7.16. The predicted octanol–water partition coefficient (Wildman–Crippen LogP) is 7.75. The number of hydrogen-bond acceptors (Lipinski definition) is 2. The molecule has 2 atom stereocenters. The van der Waals surface area contributed by atoms with Crippen molar-refractivity contribution >= 4 is 10.9 Å². The molecule has 0 bridgehead atoms. The van der Waals surface area contributed by atoms with Crippen LogP contribution in [0.4, 0.5) is 4.39 Å². The number of likely N-dealkylation sites (tertiary alicyclic amines) is 1. The Hall–Kier alpha value is -3.89. The number of likely N-dealkylation sites (N-methyl/N-ethyl adjacent to an activating group) is 1. The van der Waals surface area contributed by atoms with Gasteiger partial charge in [-0.3, -0.25) is 0 Å². The van der Waals surface area contributed by atoms with E-state index in [1.54, 1.807) is 12.1 Å². The van der Waals surface area contributed by atoms with E-state index in [1.165, 1.54) is 35.2 Å². The summed E-state index contributed by atoms with van der Waals surface area (Å²) < 4.78 is 23.4. The number of benzene rings is 4. The minimum absolute atomic E-state index is 0.0699. The highest BCUT2D eigenvalue weighted by Gasteiger charge is 2.34. The van der Waals surface area contributed by atoms with Gasteiger partial charge in [0.05, 0.1) is 6.04 Å². The lowest BCUT2D eigenvalue weighted by Crippen LogP contribution is -2.29. The van der Waals surface area contributed by atoms with Crippen LogP contribution in [0.3, 0.4) is 0 Å². The molecule has 38 heavy (non-hydrogen) atoms. The van der Waals surface area contributed by atoms with E-state index in [9.17, 15) is 4.39 Å². The molecule has 0 spiro atoms. The average molecular weight is 503 g/mol. The molecule has 0 saturated carbocycles. The summed E-state index contributed by atoms with van der Waals surface area (Å²) in [5.74, 6) is 1.58. The molecular formula is C34H31FN2O. The summed E-state index contributed by atoms with van der Waals surface area (Å²) in [6.45, 7) is 1.13. The third-order valence-electron chi connectivity index (χ3n) is 8.36. The normalized spacial score (nSPS) is 18.8. The molecule has 4 heteroatoms. The van der Waals surface area contributed by atoms with E-state index in [2.05, 4.69) is 89.3 Å². The van der Waals surface area contributed by atoms with Crippen molar-refractivity contribution in [3.63, 3.8) is 0 Å². The SMILES string of the molecule is CN1CCCC1Cc1cc2cc(F)ccc2n1[C@H]1c2ccccc2Oc2cccc(Cc3ccccc3)c21. The zero-order valence-electron chi connectivity index (χ0n) is 21.6. The topological polar surface area (TPSA) is 17.4 Å². The third kappa shape index (κ3) is 4.00. The lowest BCUT2D eigenvalue weighted by atomic mass is 9.87. The Balaban J connectivity index is 1.47. The summed E-state index contributed by atoms with van der Waals surface area (Å²) in [4.78, 5) is 2.47. The number of halogens is 1. The molecule has 3 heterocycles. The van der Waals surface area contributed by atoms with Crippen LogP contribution in [0.2, 0.25) is 0 Å². The quantitative estimate of drug-likeness (QED) is 0.240. The first-order valence-corrected chi connectivity index (χ1v) is 13.6. The molecule has 0 radical (unpaired) electrons. The standard InChI is InChI=1S/C34H31FN2O/c1-36-18-8-12-27(36)22-28-21-25-20-26(35)16-17-30(25)37(28)34-29-13-5-6-14-31(29)38-32-15-7-11-24(33(32)34)19-23-9-3-2-4-10-23/h2-7,9-11,13-17,20-21,27,34H,8,12,18-19,22H2,1H3/t27?,34-/m0/s1. The van der Waals surface area contributed by atoms with Crippen LogP contribution < -0.4 is 4.74 Å². The monoisotopic (exact) mass is 502 g/mol. The molecule has 0 aliphatic carbocycles. The number of nitrogens with zero attached hydrogens (tertiary/aromatic N) is 2. The third-order valence-corrected chi connectivity index (χ3v) is 8.36. The van der Waals surface area contributed by atoms with Crippen LogP contribution in [0.1, 0.15) is 46.8 Å². The van der Waals surface area contributed by atoms with E-state index < -0.39 is 0 Å². The molecular weight excluding hydrogens is 471 g/mol. The van der Waals surface area contributed by atoms with Gasteiger partial charge in [0, 0.05) is 40.2 Å². The number of fused-ring (bicyclic) bond motifs is 3. The summed E-state index contributed by atoms with van der Waals surface area (Å²) in [5, 5.41) is 0.951. The number of para-hydroxylation sites is 1. The second kappa shape index (κ2) is 9.45. The van der Waals surface area contributed by atoms with Crippen molar-refractivity contribution in [2.45, 2.75) is 37.8 Å². The highest BCUT2D eigenvalue weighted by Crippen LogP contribution is 2.48. The lowest BCUT2D eigenvalue weighted by Gasteiger charge is -2.33. The number of rotatable bonds is 5. The van der Waals surface area contributed by atoms with E-state index in [4.69, 9.17) is 4.74 Å². The van der Waals surface area contributed by atoms with Gasteiger partial charge in [-0.2, -0.15) is 0 Å². The largest absolute Gasteiger partial charge is 0.457 e. The fourth-order valence-electron chi connectivity index (χ4n) is 6.51. The summed E-state index contributed by atoms with van der Waals surface area (Å²) in [6, 6.07) is 33.2. The van der Waals surface area contributed by atoms with E-state index in [0.717, 1.165) is 47.4 Å². The molecule has 7 rings (SSSR count). The zero-order valence-corrected chi connectivity index (χ0v) is 21.6. The van der Waals surface area contributed by atoms with Gasteiger partial charge in [-0.25, -0.2) is 4.39 Å². The summed E-state index contributed by atoms with van der Waals surface area (Å²) in [6.07, 6.45) is 4.16. The van der Waals surface area contributed by atoms with Crippen molar-refractivity contribution in [3.05, 3.63) is 131 Å². The number of aromatic nitrogens is 1. The number of hydrogen-bond donors (Lipinski definition) is 0. The molecule has 1 aromatic heterocycles. The number of ether oxygens (including phenoxy) is 1. The molecule has 1 unspecified atom stereocenters. The maximum atomic E-state index is 14.4. The Kier molecular flexibility index (Phi) is 5.78. The van der Waals surface area contributed by atoms with Gasteiger partial charge in [-0.1, -0.05) is 60.7 Å². The smallest absolute Gasteiger partial charge is 0.133 e. The van der Waals surface area contributed by atoms with Crippen molar-refractivity contribution in [2.24, 2.45) is 0 Å². The van der Waals surface area contributed by atoms with Crippen LogP contribution in [-0.2, 0) is 12.8 Å². The van der Waals surface area contributed by atoms with E-state index in [1.807, 2.05) is 12.1 Å². The Bertz CT molecular complexity index is 1620. The zero-order chi connectivity index (χ0) is 25.6. The van der Waals surface area contributed by atoms with Crippen LogP contribution in [0, 0.1) is 5.82 Å². The minimum Gasteiger partial charge on any atom is -0.457 e. The molecule has 3 nitrogen and oxygen atoms in total. The van der Waals surface area contributed by atoms with Crippen molar-refractivity contribution in [1.82, 2.24) is 9.47 Å². The highest BCUT2D eigenvalue weighted by atomic mass is 19.1. The van der Waals surface area contributed by atoms with E-state index >= 15 is 0 Å². The molecule has 0 amide bonds. The van der Waals surface area contributed by atoms with Crippen LogP contribution in [-0.4, -0.2) is 29.1 Å². The van der Waals surface area contributed by atoms with Crippen molar-refractivity contribution in [2.75, 3.05) is 13.6 Å². The summed E-state index contributed by atoms with van der Waals surface area (Å²) in [7, 11) is 2.22. The Labute approximate surface area is 223 Å². The van der Waals surface area contributed by atoms with Gasteiger partial charge in [0.1, 0.15) is 17.3 Å². The minimum atomic E-state index is -0.197. The second-order valence-electron chi connectivity index (χ2n) is 10.7. The molecule has 190 valence electrons. The van der Waals surface area contributed by atoms with Gasteiger partial charge >= 0.3 is 0 Å². The van der Waals surface area contributed by atoms with Crippen LogP contribution in [0.5, 0.6) is 11.5 Å². The molecule has 0 N–H and O–H groups in total. The maximum Gasteiger partial charge on any atom is 0.133 e. The van der Waals surface area contributed by atoms with Crippen molar-refractivity contribution in [1.29, 1.82) is 0 Å². The molecule has 1 saturated heterocycles. The fraction of sp³-hybridized carbons (Fsp3) is 0.235. The molecule has 4 aromatic carbocycles. The van der Waals surface area contributed by atoms with Gasteiger partial charge in [-0.05, 0) is 80.4 Å². The first kappa shape index (κ1) is 23.2. The predicted molar refractivity (Wildman–Crippen MR) is 151 cm³/mol. The van der Waals surface area contributed by atoms with E-state index in [0.29, 0.717) is 6.04 Å². The van der Waals surface area contributed by atoms with Crippen molar-refractivity contribution < 1.29 is 9.13 Å². The van der Waals surface area contributed by atoms with Crippen LogP contribution >= 0.6 is 0 Å². The van der Waals surface area contributed by atoms with E-state index in [-0.39, 0.29) is 11.9 Å². The van der Waals surface area contributed by atoms with Crippen LogP contribution in [0.15, 0.2) is 97.1 Å². The first-order valence-electron chi connectivity index (χ1n) is 13.6. The first-order chi connectivity index (χ1) is 18.7. The fourth-order valence-corrected chi connectivity index (χ4v) is 6.51. The second-order valence-corrected chi connectivity index (χ2v) is 10.7. The molecule has 1 fully saturated rings. The van der Waals surface area contributed by atoms with Gasteiger partial charge in [0.2, 0.25) is 0 Å². The Morgan fingerprint density at radius 3 is 2.53 bits per heavy atom. The molecule has 5 aromatic rings. The molecule has 2 aliphatic heterocycles. The van der Waals surface area contributed by atoms with Crippen molar-refractivity contribution in [3.8, 4) is 11.5 Å². The van der Waals surface area contributed by atoms with Gasteiger partial charge < -0.3 is 14.2 Å². The maximum absolute atomic E-state index is 14.4. The summed E-state index contributed by atoms with van der Waals surface area (Å²) >= 11 is 0. The van der Waals surface area contributed by atoms with Gasteiger partial charge in [-0.15, -0.1) is 0 Å². The lowest BCUT2D eigenvalue weighted by molar-refractivity contribution is 0.305. The Morgan fingerprint density at radius 2 is 1.68 bits per heavy atom. The highest BCUT2D eigenvalue weighted by molar-refractivity contribution is 5.82. The van der Waals surface area contributed by atoms with Crippen LogP contribution in [0.25, 0.3) is 10.9 Å². The average Bonchev–Trinajstić information content (AvgIpc) is 3.50.